The first kappa shape index (κ1) is 24.7. The van der Waals surface area contributed by atoms with Crippen LogP contribution in [0.3, 0.4) is 0 Å². The van der Waals surface area contributed by atoms with Crippen molar-refractivity contribution in [2.24, 2.45) is 5.41 Å². The average molecular weight is 522 g/mol. The third kappa shape index (κ3) is 5.93. The van der Waals surface area contributed by atoms with Crippen molar-refractivity contribution in [1.82, 2.24) is 29.7 Å². The molecule has 9 nitrogen and oxygen atoms in total. The van der Waals surface area contributed by atoms with Gasteiger partial charge in [-0.2, -0.15) is 0 Å². The normalized spacial score (nSPS) is 20.6. The summed E-state index contributed by atoms with van der Waals surface area (Å²) in [6.07, 6.45) is 10.4. The number of hydrogen-bond donors (Lipinski definition) is 1. The van der Waals surface area contributed by atoms with Gasteiger partial charge in [-0.25, -0.2) is 19.9 Å². The van der Waals surface area contributed by atoms with Gasteiger partial charge in [-0.15, -0.1) is 0 Å². The molecule has 196 valence electrons. The standard InChI is InChI=1S/C27H35N7O2S/c1-2-33-8-10-34(11-9-33)19-20-16-28-25(29-17-20)32-26-30-18-23(37-26)22-4-3-5-24(31-22)36-21-14-27(15-21)6-12-35-13-7-27/h3-5,16-18,21H,2,6-15,19H2,1H3,(H,28,29,30,32). The van der Waals surface area contributed by atoms with E-state index in [1.807, 2.05) is 36.8 Å². The van der Waals surface area contributed by atoms with Gasteiger partial charge in [0.25, 0.3) is 0 Å². The van der Waals surface area contributed by atoms with Crippen molar-refractivity contribution in [3.8, 4) is 16.5 Å². The SMILES string of the molecule is CCN1CCN(Cc2cnc(Nc3ncc(-c4cccc(OC5CC6(CCOCC6)C5)n4)s3)nc2)CC1. The summed E-state index contributed by atoms with van der Waals surface area (Å²) >= 11 is 1.53. The number of hydrogen-bond acceptors (Lipinski definition) is 10. The molecule has 10 heteroatoms. The van der Waals surface area contributed by atoms with Crippen molar-refractivity contribution in [2.75, 3.05) is 51.3 Å². The van der Waals surface area contributed by atoms with E-state index in [9.17, 15) is 0 Å². The van der Waals surface area contributed by atoms with Crippen LogP contribution in [0.25, 0.3) is 10.6 Å². The molecule has 0 unspecified atom stereocenters. The summed E-state index contributed by atoms with van der Waals surface area (Å²) in [4.78, 5) is 24.2. The van der Waals surface area contributed by atoms with Crippen LogP contribution in [-0.4, -0.2) is 81.8 Å². The van der Waals surface area contributed by atoms with Crippen molar-refractivity contribution < 1.29 is 9.47 Å². The third-order valence-corrected chi connectivity index (χ3v) is 8.82. The van der Waals surface area contributed by atoms with Crippen LogP contribution in [0.4, 0.5) is 11.1 Å². The Balaban J connectivity index is 1.02. The number of nitrogens with one attached hydrogen (secondary N) is 1. The van der Waals surface area contributed by atoms with E-state index >= 15 is 0 Å². The second kappa shape index (κ2) is 11.0. The van der Waals surface area contributed by atoms with Gasteiger partial charge in [0.05, 0.1) is 10.6 Å². The van der Waals surface area contributed by atoms with Crippen molar-refractivity contribution in [2.45, 2.75) is 45.3 Å². The van der Waals surface area contributed by atoms with Gasteiger partial charge < -0.3 is 19.7 Å². The molecule has 3 aromatic heterocycles. The number of nitrogens with zero attached hydrogens (tertiary/aromatic N) is 6. The van der Waals surface area contributed by atoms with Crippen LogP contribution >= 0.6 is 11.3 Å². The van der Waals surface area contributed by atoms with Crippen LogP contribution in [0.5, 0.6) is 5.88 Å². The highest BCUT2D eigenvalue weighted by Crippen LogP contribution is 2.49. The van der Waals surface area contributed by atoms with E-state index in [2.05, 4.69) is 37.0 Å². The molecule has 5 heterocycles. The average Bonchev–Trinajstić information content (AvgIpc) is 3.39. The predicted octanol–water partition coefficient (Wildman–Crippen LogP) is 4.21. The molecule has 0 bridgehead atoms. The number of pyridine rings is 1. The number of piperazine rings is 1. The number of likely N-dealkylation sites (N-methyl/N-ethyl adjacent to an activating group) is 1. The van der Waals surface area contributed by atoms with E-state index in [0.29, 0.717) is 17.2 Å². The van der Waals surface area contributed by atoms with Crippen LogP contribution in [0, 0.1) is 5.41 Å². The van der Waals surface area contributed by atoms with Crippen LogP contribution in [0.2, 0.25) is 0 Å². The second-order valence-electron chi connectivity index (χ2n) is 10.4. The van der Waals surface area contributed by atoms with Gasteiger partial charge in [-0.1, -0.05) is 24.3 Å². The van der Waals surface area contributed by atoms with Gasteiger partial charge in [0.1, 0.15) is 6.10 Å². The first-order valence-electron chi connectivity index (χ1n) is 13.4. The fraction of sp³-hybridized carbons (Fsp3) is 0.556. The van der Waals surface area contributed by atoms with E-state index < -0.39 is 0 Å². The molecule has 1 N–H and O–H groups in total. The summed E-state index contributed by atoms with van der Waals surface area (Å²) in [6.45, 7) is 10.4. The topological polar surface area (TPSA) is 88.5 Å². The Labute approximate surface area is 222 Å². The van der Waals surface area contributed by atoms with Crippen molar-refractivity contribution in [3.63, 3.8) is 0 Å². The number of ether oxygens (including phenoxy) is 2. The fourth-order valence-corrected chi connectivity index (χ4v) is 6.34. The lowest BCUT2D eigenvalue weighted by molar-refractivity contribution is -0.0868. The maximum Gasteiger partial charge on any atom is 0.228 e. The van der Waals surface area contributed by atoms with Crippen LogP contribution in [-0.2, 0) is 11.3 Å². The van der Waals surface area contributed by atoms with Gasteiger partial charge in [-0.3, -0.25) is 4.90 Å². The second-order valence-corrected chi connectivity index (χ2v) is 11.4. The number of aromatic nitrogens is 4. The zero-order chi connectivity index (χ0) is 25.1. The van der Waals surface area contributed by atoms with Crippen molar-refractivity contribution >= 4 is 22.4 Å². The van der Waals surface area contributed by atoms with Crippen LogP contribution in [0.15, 0.2) is 36.8 Å². The van der Waals surface area contributed by atoms with E-state index in [4.69, 9.17) is 14.5 Å². The zero-order valence-corrected chi connectivity index (χ0v) is 22.3. The monoisotopic (exact) mass is 521 g/mol. The molecule has 3 aliphatic rings. The Hall–Kier alpha value is -2.66. The lowest BCUT2D eigenvalue weighted by atomic mass is 9.62. The lowest BCUT2D eigenvalue weighted by Gasteiger charge is -2.49. The van der Waals surface area contributed by atoms with E-state index in [0.717, 1.165) is 99.4 Å². The van der Waals surface area contributed by atoms with Gasteiger partial charge in [0, 0.05) is 76.2 Å². The first-order valence-corrected chi connectivity index (χ1v) is 14.2. The Morgan fingerprint density at radius 2 is 1.78 bits per heavy atom. The summed E-state index contributed by atoms with van der Waals surface area (Å²) in [7, 11) is 0. The Kier molecular flexibility index (Phi) is 7.32. The molecule has 1 saturated carbocycles. The molecule has 0 amide bonds. The van der Waals surface area contributed by atoms with Gasteiger partial charge in [-0.05, 0) is 43.7 Å². The Morgan fingerprint density at radius 1 is 1.03 bits per heavy atom. The minimum atomic E-state index is 0.251. The van der Waals surface area contributed by atoms with Crippen molar-refractivity contribution in [1.29, 1.82) is 0 Å². The summed E-state index contributed by atoms with van der Waals surface area (Å²) in [5, 5.41) is 3.97. The summed E-state index contributed by atoms with van der Waals surface area (Å²) in [5.74, 6) is 1.24. The number of thiazole rings is 1. The summed E-state index contributed by atoms with van der Waals surface area (Å²) in [6, 6.07) is 5.94. The molecule has 37 heavy (non-hydrogen) atoms. The highest BCUT2D eigenvalue weighted by atomic mass is 32.1. The van der Waals surface area contributed by atoms with E-state index in [1.54, 1.807) is 0 Å². The highest BCUT2D eigenvalue weighted by Gasteiger charge is 2.46. The van der Waals surface area contributed by atoms with Crippen LogP contribution in [0.1, 0.15) is 38.2 Å². The van der Waals surface area contributed by atoms with Crippen LogP contribution < -0.4 is 10.1 Å². The van der Waals surface area contributed by atoms with E-state index in [1.165, 1.54) is 11.3 Å². The predicted molar refractivity (Wildman–Crippen MR) is 144 cm³/mol. The molecule has 3 fully saturated rings. The molecule has 0 radical (unpaired) electrons. The molecule has 0 atom stereocenters. The summed E-state index contributed by atoms with van der Waals surface area (Å²) < 4.78 is 11.7. The van der Waals surface area contributed by atoms with Gasteiger partial charge in [0.2, 0.25) is 11.8 Å². The largest absolute Gasteiger partial charge is 0.474 e. The fourth-order valence-electron chi connectivity index (χ4n) is 5.56. The van der Waals surface area contributed by atoms with Gasteiger partial charge >= 0.3 is 0 Å². The molecule has 2 aliphatic heterocycles. The number of rotatable bonds is 8. The Morgan fingerprint density at radius 3 is 2.54 bits per heavy atom. The highest BCUT2D eigenvalue weighted by molar-refractivity contribution is 7.18. The maximum atomic E-state index is 6.21. The minimum absolute atomic E-state index is 0.251. The van der Waals surface area contributed by atoms with Gasteiger partial charge in [0.15, 0.2) is 5.13 Å². The molecule has 2 saturated heterocycles. The van der Waals surface area contributed by atoms with E-state index in [-0.39, 0.29) is 6.10 Å². The molecule has 1 spiro atoms. The molecule has 3 aromatic rings. The number of anilines is 2. The molecule has 0 aromatic carbocycles. The lowest BCUT2D eigenvalue weighted by Crippen LogP contribution is -2.47. The molecule has 1 aliphatic carbocycles. The Bertz CT molecular complexity index is 1170. The molecular formula is C27H35N7O2S. The molecular weight excluding hydrogens is 486 g/mol. The molecule has 6 rings (SSSR count). The maximum absolute atomic E-state index is 6.21. The zero-order valence-electron chi connectivity index (χ0n) is 21.4. The van der Waals surface area contributed by atoms with Crippen molar-refractivity contribution in [3.05, 3.63) is 42.4 Å². The third-order valence-electron chi connectivity index (χ3n) is 7.89. The smallest absolute Gasteiger partial charge is 0.228 e. The quantitative estimate of drug-likeness (QED) is 0.468. The minimum Gasteiger partial charge on any atom is -0.474 e. The summed E-state index contributed by atoms with van der Waals surface area (Å²) in [5.41, 5.74) is 2.43. The first-order chi connectivity index (χ1) is 18.2.